The number of tetrazole rings is 1. The number of rotatable bonds is 5. The van der Waals surface area contributed by atoms with Crippen molar-refractivity contribution in [3.05, 3.63) is 59.2 Å². The van der Waals surface area contributed by atoms with Crippen LogP contribution < -0.4 is 5.32 Å². The predicted molar refractivity (Wildman–Crippen MR) is 96.4 cm³/mol. The third kappa shape index (κ3) is 3.16. The predicted octanol–water partition coefficient (Wildman–Crippen LogP) is 2.84. The molecule has 126 valence electrons. The van der Waals surface area contributed by atoms with Crippen molar-refractivity contribution in [2.45, 2.75) is 12.5 Å². The average Bonchev–Trinajstić information content (AvgIpc) is 3.35. The van der Waals surface area contributed by atoms with Crippen LogP contribution in [0.1, 0.15) is 18.0 Å². The maximum absolute atomic E-state index is 12.6. The number of amides is 1. The fourth-order valence-electron chi connectivity index (χ4n) is 2.89. The Labute approximate surface area is 147 Å². The number of nitrogens with zero attached hydrogens (tertiary/aromatic N) is 5. The van der Waals surface area contributed by atoms with Gasteiger partial charge >= 0.3 is 0 Å². The van der Waals surface area contributed by atoms with Crippen molar-refractivity contribution in [2.24, 2.45) is 7.05 Å². The Hall–Kier alpha value is -3.00. The molecule has 1 amide bonds. The molecule has 0 aliphatic carbocycles. The fourth-order valence-corrected chi connectivity index (χ4v) is 3.59. The Morgan fingerprint density at radius 2 is 2.24 bits per heavy atom. The summed E-state index contributed by atoms with van der Waals surface area (Å²) >= 11 is 1.58. The standard InChI is InChI=1S/C17H16N6OS/c1-22-6-4-12-8-14(2-3-15(12)22)19-17(24)9-16(13-5-7-25-10-13)23-11-18-20-21-23/h2-8,10-11,16H,9H2,1H3,(H,19,24)/t16-/m1/s1. The number of benzene rings is 1. The molecule has 4 aromatic rings. The highest BCUT2D eigenvalue weighted by atomic mass is 32.1. The van der Waals surface area contributed by atoms with Gasteiger partial charge in [0.05, 0.1) is 12.5 Å². The van der Waals surface area contributed by atoms with E-state index < -0.39 is 0 Å². The normalized spacial score (nSPS) is 12.4. The lowest BCUT2D eigenvalue weighted by atomic mass is 10.1. The van der Waals surface area contributed by atoms with Gasteiger partial charge in [0.1, 0.15) is 6.33 Å². The lowest BCUT2D eigenvalue weighted by Crippen LogP contribution is -2.20. The summed E-state index contributed by atoms with van der Waals surface area (Å²) in [5.41, 5.74) is 2.93. The van der Waals surface area contributed by atoms with Gasteiger partial charge in [0, 0.05) is 29.8 Å². The second kappa shape index (κ2) is 6.48. The lowest BCUT2D eigenvalue weighted by Gasteiger charge is -2.15. The van der Waals surface area contributed by atoms with Crippen LogP contribution in [0.5, 0.6) is 0 Å². The summed E-state index contributed by atoms with van der Waals surface area (Å²) in [7, 11) is 2.00. The Bertz CT molecular complexity index is 955. The van der Waals surface area contributed by atoms with Gasteiger partial charge in [-0.05, 0) is 57.1 Å². The molecular formula is C17H16N6OS. The maximum Gasteiger partial charge on any atom is 0.226 e. The first kappa shape index (κ1) is 15.5. The first-order valence-corrected chi connectivity index (χ1v) is 8.74. The minimum Gasteiger partial charge on any atom is -0.351 e. The van der Waals surface area contributed by atoms with Crippen LogP contribution >= 0.6 is 11.3 Å². The molecule has 1 N–H and O–H groups in total. The van der Waals surface area contributed by atoms with E-state index in [-0.39, 0.29) is 18.4 Å². The molecule has 3 aromatic heterocycles. The van der Waals surface area contributed by atoms with E-state index in [9.17, 15) is 4.79 Å². The molecule has 0 saturated heterocycles. The molecule has 1 atom stereocenters. The van der Waals surface area contributed by atoms with E-state index in [1.54, 1.807) is 16.0 Å². The molecule has 0 saturated carbocycles. The van der Waals surface area contributed by atoms with Gasteiger partial charge in [-0.1, -0.05) is 0 Å². The van der Waals surface area contributed by atoms with Crippen LogP contribution in [0, 0.1) is 0 Å². The van der Waals surface area contributed by atoms with Crippen molar-refractivity contribution < 1.29 is 4.79 Å². The quantitative estimate of drug-likeness (QED) is 0.599. The van der Waals surface area contributed by atoms with Gasteiger partial charge in [-0.2, -0.15) is 11.3 Å². The van der Waals surface area contributed by atoms with Crippen molar-refractivity contribution in [1.82, 2.24) is 24.8 Å². The second-order valence-corrected chi connectivity index (χ2v) is 6.59. The molecule has 0 fully saturated rings. The van der Waals surface area contributed by atoms with Gasteiger partial charge in [-0.25, -0.2) is 4.68 Å². The number of carbonyl (C=O) groups excluding carboxylic acids is 1. The Kier molecular flexibility index (Phi) is 4.02. The zero-order valence-corrected chi connectivity index (χ0v) is 14.3. The maximum atomic E-state index is 12.6. The molecule has 7 nitrogen and oxygen atoms in total. The summed E-state index contributed by atoms with van der Waals surface area (Å²) in [6, 6.07) is 9.69. The zero-order chi connectivity index (χ0) is 17.2. The highest BCUT2D eigenvalue weighted by Crippen LogP contribution is 2.25. The topological polar surface area (TPSA) is 77.6 Å². The van der Waals surface area contributed by atoms with E-state index in [1.807, 2.05) is 58.9 Å². The number of hydrogen-bond donors (Lipinski definition) is 1. The second-order valence-electron chi connectivity index (χ2n) is 5.81. The van der Waals surface area contributed by atoms with Crippen molar-refractivity contribution in [3.8, 4) is 0 Å². The SMILES string of the molecule is Cn1ccc2cc(NC(=O)C[C@H](c3ccsc3)n3cnnn3)ccc21. The first-order chi connectivity index (χ1) is 12.2. The summed E-state index contributed by atoms with van der Waals surface area (Å²) in [4.78, 5) is 12.6. The highest BCUT2D eigenvalue weighted by molar-refractivity contribution is 7.08. The van der Waals surface area contributed by atoms with Gasteiger partial charge < -0.3 is 9.88 Å². The van der Waals surface area contributed by atoms with E-state index in [2.05, 4.69) is 20.8 Å². The van der Waals surface area contributed by atoms with Gasteiger partial charge in [0.2, 0.25) is 5.91 Å². The van der Waals surface area contributed by atoms with Crippen LogP contribution in [0.15, 0.2) is 53.6 Å². The van der Waals surface area contributed by atoms with E-state index in [0.717, 1.165) is 22.2 Å². The third-order valence-corrected chi connectivity index (χ3v) is 4.86. The van der Waals surface area contributed by atoms with Crippen LogP contribution in [0.25, 0.3) is 10.9 Å². The lowest BCUT2D eigenvalue weighted by molar-refractivity contribution is -0.116. The number of anilines is 1. The van der Waals surface area contributed by atoms with Crippen LogP contribution in [-0.2, 0) is 11.8 Å². The summed E-state index contributed by atoms with van der Waals surface area (Å²) in [5.74, 6) is -0.0815. The molecule has 0 spiro atoms. The smallest absolute Gasteiger partial charge is 0.226 e. The van der Waals surface area contributed by atoms with Crippen molar-refractivity contribution in [1.29, 1.82) is 0 Å². The number of aromatic nitrogens is 5. The van der Waals surface area contributed by atoms with E-state index >= 15 is 0 Å². The van der Waals surface area contributed by atoms with E-state index in [4.69, 9.17) is 0 Å². The number of fused-ring (bicyclic) bond motifs is 1. The largest absolute Gasteiger partial charge is 0.351 e. The molecule has 4 rings (SSSR count). The summed E-state index contributed by atoms with van der Waals surface area (Å²) in [6.45, 7) is 0. The third-order valence-electron chi connectivity index (χ3n) is 4.16. The van der Waals surface area contributed by atoms with Gasteiger partial charge in [-0.15, -0.1) is 5.10 Å². The number of aryl methyl sites for hydroxylation is 1. The molecule has 1 aromatic carbocycles. The summed E-state index contributed by atoms with van der Waals surface area (Å²) in [6.07, 6.45) is 3.79. The molecule has 0 unspecified atom stereocenters. The molecular weight excluding hydrogens is 336 g/mol. The number of carbonyl (C=O) groups is 1. The monoisotopic (exact) mass is 352 g/mol. The molecule has 0 aliphatic rings. The number of hydrogen-bond acceptors (Lipinski definition) is 5. The minimum absolute atomic E-state index is 0.0815. The Morgan fingerprint density at radius 1 is 1.32 bits per heavy atom. The van der Waals surface area contributed by atoms with Gasteiger partial charge in [0.25, 0.3) is 0 Å². The van der Waals surface area contributed by atoms with Crippen molar-refractivity contribution >= 4 is 33.8 Å². The summed E-state index contributed by atoms with van der Waals surface area (Å²) in [5, 5.41) is 19.4. The van der Waals surface area contributed by atoms with E-state index in [1.165, 1.54) is 6.33 Å². The molecule has 25 heavy (non-hydrogen) atoms. The van der Waals surface area contributed by atoms with Crippen LogP contribution in [0.2, 0.25) is 0 Å². The number of thiophene rings is 1. The highest BCUT2D eigenvalue weighted by Gasteiger charge is 2.20. The van der Waals surface area contributed by atoms with Crippen LogP contribution in [-0.4, -0.2) is 30.7 Å². The number of nitrogens with one attached hydrogen (secondary N) is 1. The summed E-state index contributed by atoms with van der Waals surface area (Å²) < 4.78 is 3.66. The van der Waals surface area contributed by atoms with Crippen LogP contribution in [0.4, 0.5) is 5.69 Å². The minimum atomic E-state index is -0.221. The van der Waals surface area contributed by atoms with Gasteiger partial charge in [0.15, 0.2) is 0 Å². The Morgan fingerprint density at radius 3 is 3.00 bits per heavy atom. The van der Waals surface area contributed by atoms with Crippen molar-refractivity contribution in [3.63, 3.8) is 0 Å². The molecule has 0 bridgehead atoms. The first-order valence-electron chi connectivity index (χ1n) is 7.80. The Balaban J connectivity index is 1.53. The average molecular weight is 352 g/mol. The van der Waals surface area contributed by atoms with Gasteiger partial charge in [-0.3, -0.25) is 4.79 Å². The fraction of sp³-hybridized carbons (Fsp3) is 0.176. The van der Waals surface area contributed by atoms with Crippen molar-refractivity contribution in [2.75, 3.05) is 5.32 Å². The molecule has 3 heterocycles. The molecule has 0 aliphatic heterocycles. The molecule has 0 radical (unpaired) electrons. The van der Waals surface area contributed by atoms with E-state index in [0.29, 0.717) is 0 Å². The van der Waals surface area contributed by atoms with Crippen LogP contribution in [0.3, 0.4) is 0 Å². The zero-order valence-electron chi connectivity index (χ0n) is 13.5. The molecule has 8 heteroatoms.